The first kappa shape index (κ1) is 10.4. The van der Waals surface area contributed by atoms with Crippen LogP contribution in [0.15, 0.2) is 22.7 Å². The first-order valence-electron chi connectivity index (χ1n) is 4.57. The van der Waals surface area contributed by atoms with Gasteiger partial charge in [-0.15, -0.1) is 0 Å². The van der Waals surface area contributed by atoms with E-state index in [1.165, 1.54) is 5.56 Å². The number of rotatable bonds is 2. The Morgan fingerprint density at radius 2 is 2.21 bits per heavy atom. The highest BCUT2D eigenvalue weighted by atomic mass is 79.9. The number of likely N-dealkylation sites (tertiary alicyclic amines) is 1. The van der Waals surface area contributed by atoms with E-state index in [1.807, 2.05) is 6.07 Å². The van der Waals surface area contributed by atoms with Gasteiger partial charge in [0.2, 0.25) is 0 Å². The Balaban J connectivity index is 2.00. The predicted octanol–water partition coefficient (Wildman–Crippen LogP) is 2.25. The zero-order valence-corrected chi connectivity index (χ0v) is 10.1. The summed E-state index contributed by atoms with van der Waals surface area (Å²) in [6, 6.07) is 6.40. The van der Waals surface area contributed by atoms with Crippen molar-refractivity contribution in [2.24, 2.45) is 5.73 Å². The average Bonchev–Trinajstić information content (AvgIpc) is 2.09. The van der Waals surface area contributed by atoms with Crippen LogP contribution < -0.4 is 5.73 Å². The molecule has 0 spiro atoms. The minimum Gasteiger partial charge on any atom is -0.325 e. The molecular formula is C10H12BrClN2. The van der Waals surface area contributed by atoms with Crippen molar-refractivity contribution in [2.75, 3.05) is 13.1 Å². The van der Waals surface area contributed by atoms with Gasteiger partial charge in [-0.2, -0.15) is 0 Å². The Hall–Kier alpha value is -0.0900. The van der Waals surface area contributed by atoms with Gasteiger partial charge in [-0.05, 0) is 33.6 Å². The molecule has 1 saturated heterocycles. The summed E-state index contributed by atoms with van der Waals surface area (Å²) in [6.45, 7) is 2.96. The summed E-state index contributed by atoms with van der Waals surface area (Å²) < 4.78 is 0.960. The first-order chi connectivity index (χ1) is 6.65. The van der Waals surface area contributed by atoms with E-state index in [2.05, 4.69) is 33.0 Å². The van der Waals surface area contributed by atoms with Gasteiger partial charge in [0.25, 0.3) is 0 Å². The smallest absolute Gasteiger partial charge is 0.0548 e. The predicted molar refractivity (Wildman–Crippen MR) is 62.4 cm³/mol. The Bertz CT molecular complexity index is 337. The van der Waals surface area contributed by atoms with E-state index in [-0.39, 0.29) is 0 Å². The fourth-order valence-electron chi connectivity index (χ4n) is 1.64. The van der Waals surface area contributed by atoms with E-state index >= 15 is 0 Å². The third kappa shape index (κ3) is 2.28. The molecule has 4 heteroatoms. The Morgan fingerprint density at radius 3 is 2.79 bits per heavy atom. The highest BCUT2D eigenvalue weighted by Crippen LogP contribution is 2.24. The molecule has 0 aromatic heterocycles. The molecule has 0 bridgehead atoms. The molecule has 2 nitrogen and oxygen atoms in total. The summed E-state index contributed by atoms with van der Waals surface area (Å²) >= 11 is 9.32. The molecule has 76 valence electrons. The molecule has 0 atom stereocenters. The van der Waals surface area contributed by atoms with Gasteiger partial charge < -0.3 is 5.73 Å². The van der Waals surface area contributed by atoms with Gasteiger partial charge in [0.1, 0.15) is 0 Å². The highest BCUT2D eigenvalue weighted by molar-refractivity contribution is 9.10. The van der Waals surface area contributed by atoms with Crippen molar-refractivity contribution in [1.82, 2.24) is 4.90 Å². The molecule has 1 aromatic rings. The van der Waals surface area contributed by atoms with Gasteiger partial charge in [0, 0.05) is 30.1 Å². The molecule has 0 radical (unpaired) electrons. The molecule has 1 aliphatic rings. The van der Waals surface area contributed by atoms with E-state index in [0.717, 1.165) is 29.1 Å². The molecule has 2 N–H and O–H groups in total. The monoisotopic (exact) mass is 274 g/mol. The van der Waals surface area contributed by atoms with Crippen LogP contribution >= 0.6 is 27.5 Å². The molecule has 0 aliphatic carbocycles. The van der Waals surface area contributed by atoms with Gasteiger partial charge in [-0.25, -0.2) is 0 Å². The van der Waals surface area contributed by atoms with Crippen molar-refractivity contribution in [3.63, 3.8) is 0 Å². The van der Waals surface area contributed by atoms with Crippen molar-refractivity contribution in [1.29, 1.82) is 0 Å². The maximum atomic E-state index is 5.91. The largest absolute Gasteiger partial charge is 0.325 e. The van der Waals surface area contributed by atoms with Crippen molar-refractivity contribution in [3.05, 3.63) is 33.3 Å². The van der Waals surface area contributed by atoms with Gasteiger partial charge in [-0.1, -0.05) is 17.7 Å². The van der Waals surface area contributed by atoms with E-state index in [0.29, 0.717) is 6.04 Å². The maximum absolute atomic E-state index is 5.91. The lowest BCUT2D eigenvalue weighted by Crippen LogP contribution is -2.54. The number of halogens is 2. The zero-order chi connectivity index (χ0) is 10.1. The Kier molecular flexibility index (Phi) is 3.12. The molecule has 14 heavy (non-hydrogen) atoms. The second kappa shape index (κ2) is 4.19. The van der Waals surface area contributed by atoms with Crippen LogP contribution in [-0.2, 0) is 6.54 Å². The van der Waals surface area contributed by atoms with E-state index < -0.39 is 0 Å². The van der Waals surface area contributed by atoms with Crippen LogP contribution in [0, 0.1) is 0 Å². The van der Waals surface area contributed by atoms with Crippen LogP contribution in [0.5, 0.6) is 0 Å². The summed E-state index contributed by atoms with van der Waals surface area (Å²) in [5.74, 6) is 0. The van der Waals surface area contributed by atoms with Gasteiger partial charge >= 0.3 is 0 Å². The zero-order valence-electron chi connectivity index (χ0n) is 7.71. The molecule has 1 fully saturated rings. The van der Waals surface area contributed by atoms with Crippen LogP contribution in [-0.4, -0.2) is 24.0 Å². The summed E-state index contributed by atoms with van der Waals surface area (Å²) in [5.41, 5.74) is 6.98. The number of hydrogen-bond acceptors (Lipinski definition) is 2. The number of benzene rings is 1. The minimum absolute atomic E-state index is 0.366. The molecule has 1 aliphatic heterocycles. The van der Waals surface area contributed by atoms with Gasteiger partial charge in [-0.3, -0.25) is 4.90 Å². The molecule has 0 amide bonds. The van der Waals surface area contributed by atoms with Crippen LogP contribution in [0.4, 0.5) is 0 Å². The summed E-state index contributed by atoms with van der Waals surface area (Å²) in [7, 11) is 0. The van der Waals surface area contributed by atoms with Crippen molar-refractivity contribution >= 4 is 27.5 Å². The van der Waals surface area contributed by atoms with E-state index in [9.17, 15) is 0 Å². The maximum Gasteiger partial charge on any atom is 0.0548 e. The topological polar surface area (TPSA) is 29.3 Å². The van der Waals surface area contributed by atoms with Crippen LogP contribution in [0.2, 0.25) is 5.02 Å². The van der Waals surface area contributed by atoms with Crippen LogP contribution in [0.25, 0.3) is 0 Å². The minimum atomic E-state index is 0.366. The number of nitrogens with zero attached hydrogens (tertiary/aromatic N) is 1. The third-order valence-corrected chi connectivity index (χ3v) is 3.59. The normalized spacial score (nSPS) is 18.2. The number of nitrogens with two attached hydrogens (primary N) is 1. The van der Waals surface area contributed by atoms with Crippen molar-refractivity contribution in [2.45, 2.75) is 12.6 Å². The highest BCUT2D eigenvalue weighted by Gasteiger charge is 2.22. The fourth-order valence-corrected chi connectivity index (χ4v) is 2.18. The second-order valence-corrected chi connectivity index (χ2v) is 4.96. The Labute approximate surface area is 97.2 Å². The van der Waals surface area contributed by atoms with Crippen molar-refractivity contribution in [3.8, 4) is 0 Å². The molecule has 1 heterocycles. The second-order valence-electron chi connectivity index (χ2n) is 3.70. The fraction of sp³-hybridized carbons (Fsp3) is 0.400. The summed E-state index contributed by atoms with van der Waals surface area (Å²) in [5, 5.41) is 0.758. The molecular weight excluding hydrogens is 263 g/mol. The number of hydrogen-bond donors (Lipinski definition) is 1. The Morgan fingerprint density at radius 1 is 1.50 bits per heavy atom. The van der Waals surface area contributed by atoms with Gasteiger partial charge in [0.15, 0.2) is 0 Å². The summed E-state index contributed by atoms with van der Waals surface area (Å²) in [4.78, 5) is 2.32. The lowest BCUT2D eigenvalue weighted by molar-refractivity contribution is 0.142. The quantitative estimate of drug-likeness (QED) is 0.897. The van der Waals surface area contributed by atoms with Gasteiger partial charge in [0.05, 0.1) is 5.02 Å². The molecule has 2 rings (SSSR count). The van der Waals surface area contributed by atoms with Crippen LogP contribution in [0.1, 0.15) is 5.56 Å². The standard InChI is InChI=1S/C10H12BrClN2/c11-9-3-7(1-2-10(9)12)4-14-5-8(13)6-14/h1-3,8H,4-6,13H2. The van der Waals surface area contributed by atoms with E-state index in [4.69, 9.17) is 17.3 Å². The molecule has 1 aromatic carbocycles. The average molecular weight is 276 g/mol. The lowest BCUT2D eigenvalue weighted by Gasteiger charge is -2.36. The summed E-state index contributed by atoms with van der Waals surface area (Å²) in [6.07, 6.45) is 0. The third-order valence-electron chi connectivity index (χ3n) is 2.38. The first-order valence-corrected chi connectivity index (χ1v) is 5.74. The lowest BCUT2D eigenvalue weighted by atomic mass is 10.1. The van der Waals surface area contributed by atoms with Crippen molar-refractivity contribution < 1.29 is 0 Å². The molecule has 0 unspecified atom stereocenters. The SMILES string of the molecule is NC1CN(Cc2ccc(Cl)c(Br)c2)C1. The van der Waals surface area contributed by atoms with Crippen LogP contribution in [0.3, 0.4) is 0 Å². The van der Waals surface area contributed by atoms with E-state index in [1.54, 1.807) is 0 Å². The molecule has 0 saturated carbocycles.